The van der Waals surface area contributed by atoms with Crippen LogP contribution < -0.4 is 5.73 Å². The van der Waals surface area contributed by atoms with Gasteiger partial charge in [0.05, 0.1) is 11.0 Å². The first kappa shape index (κ1) is 13.0. The van der Waals surface area contributed by atoms with Gasteiger partial charge in [-0.25, -0.2) is 13.8 Å². The molecule has 18 heavy (non-hydrogen) atoms. The van der Waals surface area contributed by atoms with E-state index in [1.165, 1.54) is 6.07 Å². The van der Waals surface area contributed by atoms with Crippen LogP contribution in [-0.4, -0.2) is 16.1 Å². The van der Waals surface area contributed by atoms with Gasteiger partial charge in [-0.3, -0.25) is 0 Å². The minimum Gasteiger partial charge on any atom is -0.328 e. The number of nitrogens with two attached hydrogens (primary N) is 1. The topological polar surface area (TPSA) is 43.8 Å². The highest BCUT2D eigenvalue weighted by Crippen LogP contribution is 2.24. The van der Waals surface area contributed by atoms with Crippen molar-refractivity contribution in [3.05, 3.63) is 29.6 Å². The predicted octanol–water partition coefficient (Wildman–Crippen LogP) is 2.79. The van der Waals surface area contributed by atoms with Crippen LogP contribution in [-0.2, 0) is 6.42 Å². The first-order valence-corrected chi connectivity index (χ1v) is 6.14. The molecule has 0 radical (unpaired) electrons. The quantitative estimate of drug-likeness (QED) is 0.910. The summed E-state index contributed by atoms with van der Waals surface area (Å²) in [6.07, 6.45) is 1.69. The molecule has 1 aromatic carbocycles. The first-order chi connectivity index (χ1) is 8.58. The number of aryl methyl sites for hydroxylation is 1. The highest BCUT2D eigenvalue weighted by molar-refractivity contribution is 5.76. The van der Waals surface area contributed by atoms with Crippen molar-refractivity contribution in [3.63, 3.8) is 0 Å². The fourth-order valence-electron chi connectivity index (χ4n) is 2.14. The van der Waals surface area contributed by atoms with E-state index < -0.39 is 11.6 Å². The molecule has 0 amide bonds. The minimum atomic E-state index is -0.865. The third kappa shape index (κ3) is 2.10. The van der Waals surface area contributed by atoms with Crippen molar-refractivity contribution in [3.8, 4) is 0 Å². The van der Waals surface area contributed by atoms with Crippen LogP contribution in [0.25, 0.3) is 11.0 Å². The summed E-state index contributed by atoms with van der Waals surface area (Å²) in [5, 5.41) is 0. The number of imidazole rings is 1. The zero-order valence-electron chi connectivity index (χ0n) is 10.6. The van der Waals surface area contributed by atoms with Gasteiger partial charge < -0.3 is 10.3 Å². The van der Waals surface area contributed by atoms with Gasteiger partial charge >= 0.3 is 0 Å². The maximum absolute atomic E-state index is 13.3. The molecule has 2 N–H and O–H groups in total. The van der Waals surface area contributed by atoms with Gasteiger partial charge in [0.15, 0.2) is 11.6 Å². The van der Waals surface area contributed by atoms with Gasteiger partial charge in [0, 0.05) is 31.1 Å². The maximum Gasteiger partial charge on any atom is 0.161 e. The second-order valence-electron chi connectivity index (χ2n) is 4.49. The van der Waals surface area contributed by atoms with Crippen LogP contribution >= 0.6 is 0 Å². The molecule has 2 aromatic rings. The Balaban J connectivity index is 2.68. The molecule has 0 spiro atoms. The lowest BCUT2D eigenvalue weighted by atomic mass is 10.2. The Morgan fingerprint density at radius 1 is 1.33 bits per heavy atom. The van der Waals surface area contributed by atoms with Crippen LogP contribution in [0.4, 0.5) is 8.78 Å². The van der Waals surface area contributed by atoms with E-state index in [2.05, 4.69) is 4.98 Å². The van der Waals surface area contributed by atoms with Crippen LogP contribution in [0.2, 0.25) is 0 Å². The van der Waals surface area contributed by atoms with Gasteiger partial charge in [-0.15, -0.1) is 0 Å². The molecule has 0 saturated carbocycles. The van der Waals surface area contributed by atoms with Gasteiger partial charge in [-0.2, -0.15) is 0 Å². The third-order valence-electron chi connectivity index (χ3n) is 3.06. The zero-order chi connectivity index (χ0) is 13.3. The standard InChI is InChI=1S/C13H17F2N3/c1-3-4-13-17-11-5-9(14)10(15)6-12(11)18(13)8(2)7-16/h5-6,8H,3-4,7,16H2,1-2H3. The van der Waals surface area contributed by atoms with Crippen LogP contribution in [0.3, 0.4) is 0 Å². The number of halogens is 2. The minimum absolute atomic E-state index is 0.0152. The summed E-state index contributed by atoms with van der Waals surface area (Å²) in [5.41, 5.74) is 6.76. The number of hydrogen-bond donors (Lipinski definition) is 1. The van der Waals surface area contributed by atoms with Crippen molar-refractivity contribution < 1.29 is 8.78 Å². The molecular weight excluding hydrogens is 236 g/mol. The Bertz CT molecular complexity index is 563. The number of nitrogens with zero attached hydrogens (tertiary/aromatic N) is 2. The molecule has 0 bridgehead atoms. The van der Waals surface area contributed by atoms with E-state index in [4.69, 9.17) is 5.73 Å². The maximum atomic E-state index is 13.3. The SMILES string of the molecule is CCCc1nc2cc(F)c(F)cc2n1C(C)CN. The number of aromatic nitrogens is 2. The van der Waals surface area contributed by atoms with Crippen molar-refractivity contribution in [2.45, 2.75) is 32.7 Å². The average Bonchev–Trinajstić information content (AvgIpc) is 2.67. The molecule has 1 aromatic heterocycles. The Morgan fingerprint density at radius 2 is 2.00 bits per heavy atom. The Morgan fingerprint density at radius 3 is 2.61 bits per heavy atom. The zero-order valence-corrected chi connectivity index (χ0v) is 10.6. The first-order valence-electron chi connectivity index (χ1n) is 6.14. The summed E-state index contributed by atoms with van der Waals surface area (Å²) < 4.78 is 28.5. The van der Waals surface area contributed by atoms with Crippen molar-refractivity contribution in [1.29, 1.82) is 0 Å². The van der Waals surface area contributed by atoms with E-state index in [1.54, 1.807) is 0 Å². The van der Waals surface area contributed by atoms with E-state index in [9.17, 15) is 8.78 Å². The number of hydrogen-bond acceptors (Lipinski definition) is 2. The van der Waals surface area contributed by atoms with Crippen molar-refractivity contribution in [1.82, 2.24) is 9.55 Å². The van der Waals surface area contributed by atoms with Crippen molar-refractivity contribution >= 4 is 11.0 Å². The molecule has 0 aliphatic rings. The highest BCUT2D eigenvalue weighted by Gasteiger charge is 2.16. The average molecular weight is 253 g/mol. The van der Waals surface area contributed by atoms with Crippen molar-refractivity contribution in [2.24, 2.45) is 5.73 Å². The van der Waals surface area contributed by atoms with Crippen LogP contribution in [0.1, 0.15) is 32.1 Å². The summed E-state index contributed by atoms with van der Waals surface area (Å²) in [6.45, 7) is 4.42. The second-order valence-corrected chi connectivity index (χ2v) is 4.49. The van der Waals surface area contributed by atoms with Crippen LogP contribution in [0.15, 0.2) is 12.1 Å². The Kier molecular flexibility index (Phi) is 3.61. The lowest BCUT2D eigenvalue weighted by Gasteiger charge is -2.15. The summed E-state index contributed by atoms with van der Waals surface area (Å²) in [4.78, 5) is 4.37. The summed E-state index contributed by atoms with van der Waals surface area (Å²) in [5.74, 6) is -0.887. The number of benzene rings is 1. The van der Waals surface area contributed by atoms with E-state index in [1.807, 2.05) is 18.4 Å². The molecule has 0 aliphatic carbocycles. The molecule has 98 valence electrons. The van der Waals surface area contributed by atoms with Gasteiger partial charge in [-0.1, -0.05) is 6.92 Å². The van der Waals surface area contributed by atoms with Crippen LogP contribution in [0, 0.1) is 11.6 Å². The van der Waals surface area contributed by atoms with E-state index in [-0.39, 0.29) is 6.04 Å². The highest BCUT2D eigenvalue weighted by atomic mass is 19.2. The lowest BCUT2D eigenvalue weighted by Crippen LogP contribution is -2.18. The summed E-state index contributed by atoms with van der Waals surface area (Å²) in [6, 6.07) is 2.36. The molecule has 1 unspecified atom stereocenters. The molecule has 1 heterocycles. The fourth-order valence-corrected chi connectivity index (χ4v) is 2.14. The smallest absolute Gasteiger partial charge is 0.161 e. The summed E-state index contributed by atoms with van der Waals surface area (Å²) >= 11 is 0. The van der Waals surface area contributed by atoms with Crippen LogP contribution in [0.5, 0.6) is 0 Å². The molecule has 5 heteroatoms. The molecule has 1 atom stereocenters. The molecular formula is C13H17F2N3. The second kappa shape index (κ2) is 5.02. The largest absolute Gasteiger partial charge is 0.328 e. The molecule has 0 fully saturated rings. The fraction of sp³-hybridized carbons (Fsp3) is 0.462. The van der Waals surface area contributed by atoms with E-state index in [0.29, 0.717) is 17.6 Å². The normalized spacial score (nSPS) is 13.2. The predicted molar refractivity (Wildman–Crippen MR) is 67.4 cm³/mol. The molecule has 0 saturated heterocycles. The number of rotatable bonds is 4. The van der Waals surface area contributed by atoms with Gasteiger partial charge in [-0.05, 0) is 13.3 Å². The van der Waals surface area contributed by atoms with Gasteiger partial charge in [0.1, 0.15) is 5.82 Å². The van der Waals surface area contributed by atoms with Crippen molar-refractivity contribution in [2.75, 3.05) is 6.54 Å². The monoisotopic (exact) mass is 253 g/mol. The summed E-state index contributed by atoms with van der Waals surface area (Å²) in [7, 11) is 0. The lowest BCUT2D eigenvalue weighted by molar-refractivity contribution is 0.508. The number of fused-ring (bicyclic) bond motifs is 1. The third-order valence-corrected chi connectivity index (χ3v) is 3.06. The Hall–Kier alpha value is -1.49. The molecule has 3 nitrogen and oxygen atoms in total. The van der Waals surface area contributed by atoms with E-state index in [0.717, 1.165) is 24.7 Å². The van der Waals surface area contributed by atoms with E-state index >= 15 is 0 Å². The van der Waals surface area contributed by atoms with Gasteiger partial charge in [0.25, 0.3) is 0 Å². The molecule has 2 rings (SSSR count). The Labute approximate surface area is 105 Å². The molecule has 0 aliphatic heterocycles. The van der Waals surface area contributed by atoms with Gasteiger partial charge in [0.2, 0.25) is 0 Å².